The molecule has 0 spiro atoms. The fourth-order valence-electron chi connectivity index (χ4n) is 3.36. The summed E-state index contributed by atoms with van der Waals surface area (Å²) in [6.45, 7) is 7.09. The van der Waals surface area contributed by atoms with Gasteiger partial charge in [0.05, 0.1) is 12.2 Å². The monoisotopic (exact) mass is 325 g/mol. The topological polar surface area (TPSA) is 55.3 Å². The number of para-hydroxylation sites is 2. The maximum atomic E-state index is 5.97. The van der Waals surface area contributed by atoms with Crippen molar-refractivity contribution in [3.8, 4) is 0 Å². The number of benzene rings is 1. The number of piperidine rings is 1. The van der Waals surface area contributed by atoms with Gasteiger partial charge in [-0.25, -0.2) is 4.98 Å². The molecule has 1 atom stereocenters. The molecule has 1 aromatic carbocycles. The lowest BCUT2D eigenvalue weighted by Gasteiger charge is -2.30. The first-order valence-electron chi connectivity index (χ1n) is 8.72. The van der Waals surface area contributed by atoms with Crippen LogP contribution in [-0.4, -0.2) is 28.1 Å². The van der Waals surface area contributed by atoms with Crippen LogP contribution >= 0.6 is 0 Å². The highest BCUT2D eigenvalue weighted by Crippen LogP contribution is 2.29. The summed E-state index contributed by atoms with van der Waals surface area (Å²) in [5.74, 6) is 2.55. The van der Waals surface area contributed by atoms with Crippen LogP contribution in [0.25, 0.3) is 11.1 Å². The predicted molar refractivity (Wildman–Crippen MR) is 91.9 cm³/mol. The Kier molecular flexibility index (Phi) is 4.10. The second kappa shape index (κ2) is 6.40. The Hall–Kier alpha value is -2.14. The van der Waals surface area contributed by atoms with E-state index in [4.69, 9.17) is 8.94 Å². The van der Waals surface area contributed by atoms with Gasteiger partial charge in [0.25, 0.3) is 0 Å². The van der Waals surface area contributed by atoms with Gasteiger partial charge in [0, 0.05) is 18.5 Å². The SMILES string of the molecule is CC(C)c1cc(CN2CCC[C@H](c3nc4ccccc4o3)C2)on1. The summed E-state index contributed by atoms with van der Waals surface area (Å²) in [5.41, 5.74) is 2.85. The van der Waals surface area contributed by atoms with E-state index in [-0.39, 0.29) is 0 Å². The minimum atomic E-state index is 0.346. The van der Waals surface area contributed by atoms with Crippen molar-refractivity contribution in [3.05, 3.63) is 47.7 Å². The van der Waals surface area contributed by atoms with Crippen molar-refractivity contribution < 1.29 is 8.94 Å². The van der Waals surface area contributed by atoms with Crippen LogP contribution in [0.2, 0.25) is 0 Å². The van der Waals surface area contributed by atoms with Crippen LogP contribution < -0.4 is 0 Å². The van der Waals surface area contributed by atoms with Crippen LogP contribution in [0.3, 0.4) is 0 Å². The Morgan fingerprint density at radius 2 is 2.17 bits per heavy atom. The second-order valence-corrected chi connectivity index (χ2v) is 6.97. The molecule has 5 nitrogen and oxygen atoms in total. The summed E-state index contributed by atoms with van der Waals surface area (Å²) < 4.78 is 11.5. The Bertz CT molecular complexity index is 788. The minimum Gasteiger partial charge on any atom is -0.440 e. The number of fused-ring (bicyclic) bond motifs is 1. The smallest absolute Gasteiger partial charge is 0.199 e. The molecule has 0 aliphatic carbocycles. The summed E-state index contributed by atoms with van der Waals surface area (Å²) in [6.07, 6.45) is 2.27. The van der Waals surface area contributed by atoms with Gasteiger partial charge in [-0.3, -0.25) is 4.90 Å². The van der Waals surface area contributed by atoms with E-state index >= 15 is 0 Å². The molecular formula is C19H23N3O2. The first-order valence-corrected chi connectivity index (χ1v) is 8.72. The van der Waals surface area contributed by atoms with Gasteiger partial charge in [0.1, 0.15) is 5.52 Å². The van der Waals surface area contributed by atoms with Crippen LogP contribution in [0.5, 0.6) is 0 Å². The molecule has 1 fully saturated rings. The molecule has 0 unspecified atom stereocenters. The Morgan fingerprint density at radius 3 is 2.96 bits per heavy atom. The molecule has 24 heavy (non-hydrogen) atoms. The lowest BCUT2D eigenvalue weighted by atomic mass is 9.98. The molecule has 0 radical (unpaired) electrons. The first-order chi connectivity index (χ1) is 11.7. The largest absolute Gasteiger partial charge is 0.440 e. The molecule has 2 aromatic heterocycles. The summed E-state index contributed by atoms with van der Waals surface area (Å²) in [5, 5.41) is 4.15. The standard InChI is InChI=1S/C19H23N3O2/c1-13(2)17-10-15(24-21-17)12-22-9-5-6-14(11-22)19-20-16-7-3-4-8-18(16)23-19/h3-4,7-8,10,13-14H,5-6,9,11-12H2,1-2H3/t14-/m0/s1. The lowest BCUT2D eigenvalue weighted by Crippen LogP contribution is -2.33. The molecule has 4 rings (SSSR count). The molecule has 1 saturated heterocycles. The normalized spacial score (nSPS) is 19.4. The fourth-order valence-corrected chi connectivity index (χ4v) is 3.36. The van der Waals surface area contributed by atoms with E-state index in [2.05, 4.69) is 35.0 Å². The molecule has 1 aliphatic rings. The molecule has 5 heteroatoms. The van der Waals surface area contributed by atoms with Crippen molar-refractivity contribution in [2.45, 2.75) is 45.1 Å². The average Bonchev–Trinajstić information content (AvgIpc) is 3.21. The third-order valence-electron chi connectivity index (χ3n) is 4.71. The highest BCUT2D eigenvalue weighted by atomic mass is 16.5. The summed E-state index contributed by atoms with van der Waals surface area (Å²) in [6, 6.07) is 10.0. The van der Waals surface area contributed by atoms with Crippen molar-refractivity contribution >= 4 is 11.1 Å². The molecular weight excluding hydrogens is 302 g/mol. The van der Waals surface area contributed by atoms with Crippen molar-refractivity contribution in [1.29, 1.82) is 0 Å². The van der Waals surface area contributed by atoms with E-state index < -0.39 is 0 Å². The minimum absolute atomic E-state index is 0.346. The Balaban J connectivity index is 1.46. The van der Waals surface area contributed by atoms with Crippen LogP contribution in [0.4, 0.5) is 0 Å². The number of aromatic nitrogens is 2. The summed E-state index contributed by atoms with van der Waals surface area (Å²) in [4.78, 5) is 7.09. The molecule has 0 N–H and O–H groups in total. The molecule has 126 valence electrons. The lowest BCUT2D eigenvalue weighted by molar-refractivity contribution is 0.170. The van der Waals surface area contributed by atoms with Crippen LogP contribution in [0.15, 0.2) is 39.3 Å². The van der Waals surface area contributed by atoms with Crippen molar-refractivity contribution in [3.63, 3.8) is 0 Å². The van der Waals surface area contributed by atoms with Gasteiger partial charge < -0.3 is 8.94 Å². The zero-order chi connectivity index (χ0) is 16.5. The van der Waals surface area contributed by atoms with Crippen molar-refractivity contribution in [1.82, 2.24) is 15.0 Å². The van der Waals surface area contributed by atoms with E-state index in [0.29, 0.717) is 11.8 Å². The molecule has 3 heterocycles. The molecule has 0 bridgehead atoms. The Morgan fingerprint density at radius 1 is 1.29 bits per heavy atom. The quantitative estimate of drug-likeness (QED) is 0.715. The number of likely N-dealkylation sites (tertiary alicyclic amines) is 1. The zero-order valence-electron chi connectivity index (χ0n) is 14.2. The zero-order valence-corrected chi connectivity index (χ0v) is 14.2. The fraction of sp³-hybridized carbons (Fsp3) is 0.474. The highest BCUT2D eigenvalue weighted by Gasteiger charge is 2.26. The van der Waals surface area contributed by atoms with Gasteiger partial charge in [-0.15, -0.1) is 0 Å². The number of hydrogen-bond donors (Lipinski definition) is 0. The van der Waals surface area contributed by atoms with Crippen molar-refractivity contribution in [2.75, 3.05) is 13.1 Å². The van der Waals surface area contributed by atoms with Gasteiger partial charge in [-0.2, -0.15) is 0 Å². The Labute approximate surface area is 141 Å². The molecule has 0 saturated carbocycles. The maximum absolute atomic E-state index is 5.97. The van der Waals surface area contributed by atoms with E-state index in [9.17, 15) is 0 Å². The van der Waals surface area contributed by atoms with E-state index in [1.54, 1.807) is 0 Å². The second-order valence-electron chi connectivity index (χ2n) is 6.97. The van der Waals surface area contributed by atoms with Gasteiger partial charge in [0.15, 0.2) is 17.2 Å². The van der Waals surface area contributed by atoms with E-state index in [1.165, 1.54) is 0 Å². The van der Waals surface area contributed by atoms with Crippen LogP contribution in [0.1, 0.15) is 55.9 Å². The number of hydrogen-bond acceptors (Lipinski definition) is 5. The van der Waals surface area contributed by atoms with Gasteiger partial charge >= 0.3 is 0 Å². The molecule has 0 amide bonds. The summed E-state index contributed by atoms with van der Waals surface area (Å²) >= 11 is 0. The summed E-state index contributed by atoms with van der Waals surface area (Å²) in [7, 11) is 0. The number of oxazole rings is 1. The van der Waals surface area contributed by atoms with E-state index in [1.807, 2.05) is 24.3 Å². The maximum Gasteiger partial charge on any atom is 0.199 e. The van der Waals surface area contributed by atoms with Gasteiger partial charge in [0.2, 0.25) is 0 Å². The third-order valence-corrected chi connectivity index (χ3v) is 4.71. The van der Waals surface area contributed by atoms with E-state index in [0.717, 1.165) is 60.9 Å². The van der Waals surface area contributed by atoms with Gasteiger partial charge in [-0.05, 0) is 37.4 Å². The molecule has 1 aliphatic heterocycles. The van der Waals surface area contributed by atoms with Crippen LogP contribution in [0, 0.1) is 0 Å². The predicted octanol–water partition coefficient (Wildman–Crippen LogP) is 4.32. The van der Waals surface area contributed by atoms with Crippen molar-refractivity contribution in [2.24, 2.45) is 0 Å². The van der Waals surface area contributed by atoms with Crippen LogP contribution in [-0.2, 0) is 6.54 Å². The number of rotatable bonds is 4. The first kappa shape index (κ1) is 15.4. The number of nitrogens with zero attached hydrogens (tertiary/aromatic N) is 3. The third kappa shape index (κ3) is 3.08. The highest BCUT2D eigenvalue weighted by molar-refractivity contribution is 5.72. The average molecular weight is 325 g/mol. The van der Waals surface area contributed by atoms with Gasteiger partial charge in [-0.1, -0.05) is 31.1 Å². The molecule has 3 aromatic rings.